The van der Waals surface area contributed by atoms with Crippen molar-refractivity contribution in [3.05, 3.63) is 64.0 Å². The van der Waals surface area contributed by atoms with Gasteiger partial charge in [0.1, 0.15) is 16.8 Å². The molecule has 0 fully saturated rings. The molecule has 0 bridgehead atoms. The second-order valence-corrected chi connectivity index (χ2v) is 6.45. The normalized spacial score (nSPS) is 11.0. The number of amides is 1. The first-order valence-corrected chi connectivity index (χ1v) is 8.98. The predicted octanol–water partition coefficient (Wildman–Crippen LogP) is 2.15. The molecule has 3 aromatic heterocycles. The van der Waals surface area contributed by atoms with E-state index in [-0.39, 0.29) is 16.6 Å². The van der Waals surface area contributed by atoms with Gasteiger partial charge in [-0.15, -0.1) is 6.58 Å². The fourth-order valence-electron chi connectivity index (χ4n) is 3.06. The first-order chi connectivity index (χ1) is 13.0. The summed E-state index contributed by atoms with van der Waals surface area (Å²) in [5.74, 6) is -0.402. The minimum atomic E-state index is -0.402. The molecule has 0 radical (unpaired) electrons. The number of hydrogen-bond donors (Lipinski definition) is 2. The minimum absolute atomic E-state index is 0.0577. The first kappa shape index (κ1) is 18.6. The highest BCUT2D eigenvalue weighted by Crippen LogP contribution is 2.13. The van der Waals surface area contributed by atoms with Crippen molar-refractivity contribution < 1.29 is 4.79 Å². The monoisotopic (exact) mass is 365 g/mol. The van der Waals surface area contributed by atoms with E-state index in [1.165, 1.54) is 10.5 Å². The van der Waals surface area contributed by atoms with Crippen molar-refractivity contribution in [2.24, 2.45) is 0 Å². The number of rotatable bonds is 6. The molecule has 0 spiro atoms. The Hall–Kier alpha value is -3.22. The second-order valence-electron chi connectivity index (χ2n) is 6.45. The maximum Gasteiger partial charge on any atom is 0.267 e. The number of carbonyl (C=O) groups is 1. The summed E-state index contributed by atoms with van der Waals surface area (Å²) >= 11 is 0. The van der Waals surface area contributed by atoms with E-state index in [1.807, 2.05) is 13.0 Å². The lowest BCUT2D eigenvalue weighted by Crippen LogP contribution is -2.35. The van der Waals surface area contributed by atoms with Crippen molar-refractivity contribution in [3.8, 4) is 0 Å². The summed E-state index contributed by atoms with van der Waals surface area (Å²) in [5, 5.41) is 11.5. The third-order valence-electron chi connectivity index (χ3n) is 4.52. The van der Waals surface area contributed by atoms with Crippen molar-refractivity contribution in [1.29, 1.82) is 5.41 Å². The molecule has 140 valence electrons. The number of unbranched alkanes of at least 4 members (excludes halogenated alkanes) is 1. The number of fused-ring (bicyclic) bond motifs is 2. The van der Waals surface area contributed by atoms with Gasteiger partial charge in [0, 0.05) is 19.3 Å². The molecule has 3 rings (SSSR count). The zero-order valence-electron chi connectivity index (χ0n) is 15.6. The zero-order valence-corrected chi connectivity index (χ0v) is 15.6. The lowest BCUT2D eigenvalue weighted by Gasteiger charge is -2.14. The average Bonchev–Trinajstić information content (AvgIpc) is 2.66. The number of pyridine rings is 2. The Morgan fingerprint density at radius 3 is 2.89 bits per heavy atom. The van der Waals surface area contributed by atoms with E-state index in [0.29, 0.717) is 29.8 Å². The van der Waals surface area contributed by atoms with Crippen LogP contribution < -0.4 is 16.4 Å². The highest BCUT2D eigenvalue weighted by atomic mass is 16.1. The van der Waals surface area contributed by atoms with Gasteiger partial charge in [-0.05, 0) is 31.0 Å². The number of hydrogen-bond acceptors (Lipinski definition) is 4. The fraction of sp³-hybridized carbons (Fsp3) is 0.300. The fourth-order valence-corrected chi connectivity index (χ4v) is 3.06. The molecule has 0 unspecified atom stereocenters. The van der Waals surface area contributed by atoms with E-state index in [4.69, 9.17) is 5.41 Å². The summed E-state index contributed by atoms with van der Waals surface area (Å²) in [6.45, 7) is 8.33. The molecule has 0 saturated heterocycles. The van der Waals surface area contributed by atoms with E-state index in [2.05, 4.69) is 23.8 Å². The van der Waals surface area contributed by atoms with Gasteiger partial charge >= 0.3 is 0 Å². The van der Waals surface area contributed by atoms with Gasteiger partial charge in [-0.2, -0.15) is 0 Å². The van der Waals surface area contributed by atoms with Crippen molar-refractivity contribution >= 4 is 22.6 Å². The molecule has 3 aromatic rings. The number of carbonyl (C=O) groups excluding carboxylic acids is 1. The summed E-state index contributed by atoms with van der Waals surface area (Å²) in [6, 6.07) is 5.16. The molecule has 0 aromatic carbocycles. The van der Waals surface area contributed by atoms with Gasteiger partial charge in [0.2, 0.25) is 0 Å². The quantitative estimate of drug-likeness (QED) is 0.518. The summed E-state index contributed by atoms with van der Waals surface area (Å²) in [6.07, 6.45) is 4.98. The Balaban J connectivity index is 2.39. The van der Waals surface area contributed by atoms with Crippen molar-refractivity contribution in [2.75, 3.05) is 6.54 Å². The van der Waals surface area contributed by atoms with Crippen LogP contribution in [0, 0.1) is 12.3 Å². The van der Waals surface area contributed by atoms with Gasteiger partial charge in [-0.3, -0.25) is 19.4 Å². The van der Waals surface area contributed by atoms with Gasteiger partial charge < -0.3 is 9.88 Å². The largest absolute Gasteiger partial charge is 0.348 e. The highest BCUT2D eigenvalue weighted by molar-refractivity contribution is 5.96. The molecule has 0 aliphatic heterocycles. The Morgan fingerprint density at radius 2 is 2.19 bits per heavy atom. The molecule has 0 saturated carbocycles. The van der Waals surface area contributed by atoms with E-state index in [1.54, 1.807) is 22.9 Å². The molecule has 2 N–H and O–H groups in total. The number of aromatic nitrogens is 3. The van der Waals surface area contributed by atoms with Crippen LogP contribution in [0.5, 0.6) is 0 Å². The molecule has 0 aliphatic rings. The third-order valence-corrected chi connectivity index (χ3v) is 4.52. The van der Waals surface area contributed by atoms with Crippen LogP contribution in [0.1, 0.15) is 35.7 Å². The van der Waals surface area contributed by atoms with Crippen LogP contribution >= 0.6 is 0 Å². The summed E-state index contributed by atoms with van der Waals surface area (Å²) in [4.78, 5) is 30.2. The summed E-state index contributed by atoms with van der Waals surface area (Å²) < 4.78 is 3.15. The van der Waals surface area contributed by atoms with E-state index < -0.39 is 5.91 Å². The molecule has 27 heavy (non-hydrogen) atoms. The van der Waals surface area contributed by atoms with Crippen molar-refractivity contribution in [1.82, 2.24) is 19.3 Å². The molecule has 7 heteroatoms. The molecule has 0 aliphatic carbocycles. The lowest BCUT2D eigenvalue weighted by molar-refractivity contribution is 0.0955. The molecule has 3 heterocycles. The van der Waals surface area contributed by atoms with E-state index in [9.17, 15) is 9.59 Å². The third kappa shape index (κ3) is 3.28. The lowest BCUT2D eigenvalue weighted by atomic mass is 10.1. The zero-order chi connectivity index (χ0) is 19.6. The van der Waals surface area contributed by atoms with Crippen LogP contribution in [0.15, 0.2) is 41.8 Å². The Bertz CT molecular complexity index is 1160. The van der Waals surface area contributed by atoms with Crippen LogP contribution in [-0.2, 0) is 6.54 Å². The Morgan fingerprint density at radius 1 is 1.41 bits per heavy atom. The van der Waals surface area contributed by atoms with Gasteiger partial charge in [-0.1, -0.05) is 25.5 Å². The van der Waals surface area contributed by atoms with Gasteiger partial charge in [-0.25, -0.2) is 4.98 Å². The second kappa shape index (κ2) is 7.57. The number of aryl methyl sites for hydroxylation is 2. The van der Waals surface area contributed by atoms with Gasteiger partial charge in [0.25, 0.3) is 11.5 Å². The van der Waals surface area contributed by atoms with Crippen LogP contribution in [-0.4, -0.2) is 26.4 Å². The Kier molecular flexibility index (Phi) is 5.21. The van der Waals surface area contributed by atoms with Crippen LogP contribution in [0.2, 0.25) is 0 Å². The summed E-state index contributed by atoms with van der Waals surface area (Å²) in [5.41, 5.74) is 1.84. The smallest absolute Gasteiger partial charge is 0.267 e. The average molecular weight is 365 g/mol. The van der Waals surface area contributed by atoms with Crippen LogP contribution in [0.3, 0.4) is 0 Å². The molecule has 1 amide bonds. The standard InChI is InChI=1S/C20H23N5O2/c1-4-6-10-24-16(21)14(19(26)22-9-5-2)12-15-18(24)23-17-13(3)8-7-11-25(17)20(15)27/h5,7-8,11-12,21H,2,4,6,9-10H2,1,3H3,(H,22,26). The van der Waals surface area contributed by atoms with E-state index >= 15 is 0 Å². The predicted molar refractivity (Wildman–Crippen MR) is 105 cm³/mol. The first-order valence-electron chi connectivity index (χ1n) is 8.98. The molecule has 0 atom stereocenters. The van der Waals surface area contributed by atoms with Crippen LogP contribution in [0.4, 0.5) is 0 Å². The van der Waals surface area contributed by atoms with Gasteiger partial charge in [0.15, 0.2) is 0 Å². The Labute approximate surface area is 156 Å². The topological polar surface area (TPSA) is 92.2 Å². The highest BCUT2D eigenvalue weighted by Gasteiger charge is 2.17. The summed E-state index contributed by atoms with van der Waals surface area (Å²) in [7, 11) is 0. The van der Waals surface area contributed by atoms with Crippen molar-refractivity contribution in [2.45, 2.75) is 33.2 Å². The van der Waals surface area contributed by atoms with Crippen molar-refractivity contribution in [3.63, 3.8) is 0 Å². The maximum atomic E-state index is 13.1. The van der Waals surface area contributed by atoms with E-state index in [0.717, 1.165) is 18.4 Å². The maximum absolute atomic E-state index is 13.1. The number of nitrogens with zero attached hydrogens (tertiary/aromatic N) is 3. The van der Waals surface area contributed by atoms with Crippen LogP contribution in [0.25, 0.3) is 16.7 Å². The number of nitrogens with one attached hydrogen (secondary N) is 2. The van der Waals surface area contributed by atoms with Gasteiger partial charge in [0.05, 0.1) is 10.9 Å². The minimum Gasteiger partial charge on any atom is -0.348 e. The SMILES string of the molecule is C=CCNC(=O)c1cc2c(=O)n3cccc(C)c3nc2n(CCCC)c1=N. The molecular formula is C20H23N5O2. The molecular weight excluding hydrogens is 342 g/mol. The molecule has 7 nitrogen and oxygen atoms in total.